The molecule has 0 unspecified atom stereocenters. The van der Waals surface area contributed by atoms with E-state index in [0.717, 1.165) is 39.2 Å². The number of rotatable bonds is 3. The van der Waals surface area contributed by atoms with E-state index in [-0.39, 0.29) is 11.1 Å². The van der Waals surface area contributed by atoms with Crippen molar-refractivity contribution in [3.05, 3.63) is 51.9 Å². The van der Waals surface area contributed by atoms with Gasteiger partial charge < -0.3 is 10.1 Å². The molecule has 1 N–H and O–H groups in total. The minimum Gasteiger partial charge on any atom is -0.485 e. The third-order valence-corrected chi connectivity index (χ3v) is 7.23. The predicted molar refractivity (Wildman–Crippen MR) is 120 cm³/mol. The second kappa shape index (κ2) is 6.49. The molecule has 0 saturated carbocycles. The number of nitrogens with zero attached hydrogens (tertiary/aromatic N) is 4. The molecule has 156 valence electrons. The molecule has 4 aromatic rings. The molecule has 30 heavy (non-hydrogen) atoms. The van der Waals surface area contributed by atoms with Crippen molar-refractivity contribution < 1.29 is 4.74 Å². The Morgan fingerprint density at radius 1 is 1.17 bits per heavy atom. The van der Waals surface area contributed by atoms with Crippen molar-refractivity contribution in [2.45, 2.75) is 65.6 Å². The van der Waals surface area contributed by atoms with Crippen molar-refractivity contribution in [1.29, 1.82) is 0 Å². The second-order valence-electron chi connectivity index (χ2n) is 9.45. The quantitative estimate of drug-likeness (QED) is 0.520. The number of thiophene rings is 1. The van der Waals surface area contributed by atoms with Gasteiger partial charge in [0.25, 0.3) is 0 Å². The monoisotopic (exact) mass is 421 g/mol. The van der Waals surface area contributed by atoms with Gasteiger partial charge in [0.1, 0.15) is 23.5 Å². The highest BCUT2D eigenvalue weighted by molar-refractivity contribution is 7.19. The van der Waals surface area contributed by atoms with Gasteiger partial charge >= 0.3 is 0 Å². The van der Waals surface area contributed by atoms with Crippen LogP contribution in [0.1, 0.15) is 55.1 Å². The number of hydrogen-bond donors (Lipinski definition) is 1. The number of nitrogens with one attached hydrogen (secondary N) is 1. The van der Waals surface area contributed by atoms with E-state index in [1.165, 1.54) is 10.4 Å². The highest BCUT2D eigenvalue weighted by Crippen LogP contribution is 2.44. The summed E-state index contributed by atoms with van der Waals surface area (Å²) in [5.74, 6) is 1.57. The first-order valence-electron chi connectivity index (χ1n) is 10.3. The van der Waals surface area contributed by atoms with Crippen molar-refractivity contribution in [3.8, 4) is 5.75 Å². The van der Waals surface area contributed by atoms with Crippen molar-refractivity contribution in [2.24, 2.45) is 0 Å². The van der Waals surface area contributed by atoms with E-state index in [2.05, 4.69) is 64.1 Å². The molecule has 5 rings (SSSR count). The Kier molecular flexibility index (Phi) is 4.21. The topological polar surface area (TPSA) is 64.3 Å². The number of aromatic nitrogens is 4. The first kappa shape index (κ1) is 19.5. The fraction of sp³-hybridized carbons (Fsp3) is 0.435. The lowest BCUT2D eigenvalue weighted by Gasteiger charge is -2.42. The van der Waals surface area contributed by atoms with Crippen molar-refractivity contribution >= 4 is 27.2 Å². The van der Waals surface area contributed by atoms with E-state index in [4.69, 9.17) is 14.7 Å². The minimum atomic E-state index is -0.103. The molecule has 7 heteroatoms. The Labute approximate surface area is 180 Å². The molecule has 0 aliphatic carbocycles. The van der Waals surface area contributed by atoms with Gasteiger partial charge in [-0.2, -0.15) is 0 Å². The van der Waals surface area contributed by atoms with Crippen molar-refractivity contribution in [1.82, 2.24) is 24.9 Å². The third-order valence-electron chi connectivity index (χ3n) is 5.76. The number of benzene rings is 1. The first-order valence-corrected chi connectivity index (χ1v) is 11.1. The van der Waals surface area contributed by atoms with Gasteiger partial charge in [-0.05, 0) is 64.7 Å². The van der Waals surface area contributed by atoms with Crippen LogP contribution in [0.3, 0.4) is 0 Å². The van der Waals surface area contributed by atoms with Crippen LogP contribution in [0.4, 0.5) is 0 Å². The molecule has 0 saturated heterocycles. The number of ether oxygens (including phenoxy) is 1. The van der Waals surface area contributed by atoms with E-state index < -0.39 is 0 Å². The van der Waals surface area contributed by atoms with Gasteiger partial charge in [-0.15, -0.1) is 16.4 Å². The molecule has 6 nitrogen and oxygen atoms in total. The molecular formula is C23H27N5OS. The van der Waals surface area contributed by atoms with Gasteiger partial charge in [0.15, 0.2) is 11.5 Å². The van der Waals surface area contributed by atoms with Crippen LogP contribution in [0.2, 0.25) is 0 Å². The minimum absolute atomic E-state index is 0.00562. The lowest BCUT2D eigenvalue weighted by atomic mass is 9.82. The zero-order valence-corrected chi connectivity index (χ0v) is 19.1. The fourth-order valence-electron chi connectivity index (χ4n) is 4.79. The van der Waals surface area contributed by atoms with Gasteiger partial charge in [-0.1, -0.05) is 18.2 Å². The average Bonchev–Trinajstić information content (AvgIpc) is 3.21. The van der Waals surface area contributed by atoms with Crippen molar-refractivity contribution in [3.63, 3.8) is 0 Å². The van der Waals surface area contributed by atoms with Crippen molar-refractivity contribution in [2.75, 3.05) is 0 Å². The van der Waals surface area contributed by atoms with E-state index in [9.17, 15) is 0 Å². The summed E-state index contributed by atoms with van der Waals surface area (Å²) in [6.45, 7) is 13.4. The molecule has 1 aliphatic heterocycles. The summed E-state index contributed by atoms with van der Waals surface area (Å²) in [7, 11) is 0. The smallest absolute Gasteiger partial charge is 0.189 e. The average molecular weight is 422 g/mol. The zero-order chi connectivity index (χ0) is 21.3. The van der Waals surface area contributed by atoms with Crippen LogP contribution < -0.4 is 10.1 Å². The summed E-state index contributed by atoms with van der Waals surface area (Å²) >= 11 is 1.76. The van der Waals surface area contributed by atoms with Crippen LogP contribution in [0, 0.1) is 13.8 Å². The maximum Gasteiger partial charge on any atom is 0.189 e. The molecule has 1 aliphatic rings. The number of fused-ring (bicyclic) bond motifs is 5. The SMILES string of the molecule is Cc1cccc(C)c1OCc1nc2c3c4c(sc3ncn2n1)C(C)(C)NC(C)(C)C4. The number of para-hydroxylation sites is 1. The molecule has 3 aromatic heterocycles. The van der Waals surface area contributed by atoms with Crippen LogP contribution in [-0.2, 0) is 18.6 Å². The third kappa shape index (κ3) is 3.08. The highest BCUT2D eigenvalue weighted by Gasteiger charge is 2.39. The predicted octanol–water partition coefficient (Wildman–Crippen LogP) is 4.69. The maximum atomic E-state index is 6.09. The van der Waals surface area contributed by atoms with E-state index >= 15 is 0 Å². The van der Waals surface area contributed by atoms with Gasteiger partial charge in [0.05, 0.1) is 5.39 Å². The fourth-order valence-corrected chi connectivity index (χ4v) is 6.00. The Morgan fingerprint density at radius 2 is 1.90 bits per heavy atom. The standard InChI is InChI=1S/C23H27N5OS/c1-13-8-7-9-14(2)18(13)29-11-16-25-20-17-15-10-22(3,4)27-23(5,6)19(15)30-21(17)24-12-28(20)26-16/h7-9,12,27H,10-11H2,1-6H3. The Balaban J connectivity index is 1.58. The molecule has 0 amide bonds. The van der Waals surface area contributed by atoms with E-state index in [1.807, 2.05) is 6.07 Å². The molecule has 0 radical (unpaired) electrons. The van der Waals surface area contributed by atoms with E-state index in [0.29, 0.717) is 12.4 Å². The summed E-state index contributed by atoms with van der Waals surface area (Å²) in [6, 6.07) is 6.16. The molecule has 4 heterocycles. The molecular weight excluding hydrogens is 394 g/mol. The maximum absolute atomic E-state index is 6.09. The Morgan fingerprint density at radius 3 is 2.63 bits per heavy atom. The van der Waals surface area contributed by atoms with Crippen LogP contribution in [-0.4, -0.2) is 25.1 Å². The van der Waals surface area contributed by atoms with Gasteiger partial charge in [-0.3, -0.25) is 0 Å². The molecule has 0 atom stereocenters. The number of aryl methyl sites for hydroxylation is 2. The van der Waals surface area contributed by atoms with Crippen LogP contribution in [0.25, 0.3) is 15.9 Å². The zero-order valence-electron chi connectivity index (χ0n) is 18.3. The Bertz CT molecular complexity index is 1260. The summed E-state index contributed by atoms with van der Waals surface area (Å²) in [5, 5.41) is 9.55. The van der Waals surface area contributed by atoms with Crippen LogP contribution in [0.5, 0.6) is 5.75 Å². The lowest BCUT2D eigenvalue weighted by molar-refractivity contribution is 0.248. The second-order valence-corrected chi connectivity index (χ2v) is 10.5. The summed E-state index contributed by atoms with van der Waals surface area (Å²) < 4.78 is 7.88. The normalized spacial score (nSPS) is 17.4. The first-order chi connectivity index (χ1) is 14.1. The summed E-state index contributed by atoms with van der Waals surface area (Å²) in [5.41, 5.74) is 4.35. The number of hydrogen-bond acceptors (Lipinski definition) is 6. The Hall–Kier alpha value is -2.51. The largest absolute Gasteiger partial charge is 0.485 e. The summed E-state index contributed by atoms with van der Waals surface area (Å²) in [6.07, 6.45) is 2.70. The molecule has 1 aromatic carbocycles. The van der Waals surface area contributed by atoms with E-state index in [1.54, 1.807) is 22.2 Å². The van der Waals surface area contributed by atoms with Crippen LogP contribution >= 0.6 is 11.3 Å². The van der Waals surface area contributed by atoms with Gasteiger partial charge in [0, 0.05) is 16.0 Å². The highest BCUT2D eigenvalue weighted by atomic mass is 32.1. The van der Waals surface area contributed by atoms with Gasteiger partial charge in [0.2, 0.25) is 0 Å². The lowest BCUT2D eigenvalue weighted by Crippen LogP contribution is -2.54. The van der Waals surface area contributed by atoms with Gasteiger partial charge in [-0.25, -0.2) is 14.5 Å². The molecule has 0 bridgehead atoms. The van der Waals surface area contributed by atoms with Crippen LogP contribution in [0.15, 0.2) is 24.5 Å². The molecule has 0 fully saturated rings. The summed E-state index contributed by atoms with van der Waals surface area (Å²) in [4.78, 5) is 11.9. The molecule has 0 spiro atoms.